The molecule has 6 nitrogen and oxygen atoms in total. The number of carbonyl (C=O) groups excluding carboxylic acids is 2. The van der Waals surface area contributed by atoms with Gasteiger partial charge in [0, 0.05) is 19.3 Å². The summed E-state index contributed by atoms with van der Waals surface area (Å²) in [4.78, 5) is 30.1. The Bertz CT molecular complexity index is 720. The van der Waals surface area contributed by atoms with Crippen LogP contribution in [-0.2, 0) is 10.5 Å². The fourth-order valence-corrected chi connectivity index (χ4v) is 3.37. The van der Waals surface area contributed by atoms with E-state index in [2.05, 4.69) is 4.98 Å². The van der Waals surface area contributed by atoms with Crippen molar-refractivity contribution in [3.63, 3.8) is 0 Å². The first-order chi connectivity index (χ1) is 11.7. The fraction of sp³-hybridized carbons (Fsp3) is 0.353. The number of esters is 1. The third-order valence-electron chi connectivity index (χ3n) is 3.88. The Morgan fingerprint density at radius 2 is 2.08 bits per heavy atom. The number of ether oxygens (including phenoxy) is 1. The number of rotatable bonds is 5. The van der Waals surface area contributed by atoms with Crippen molar-refractivity contribution >= 4 is 23.6 Å². The molecule has 0 radical (unpaired) electrons. The van der Waals surface area contributed by atoms with Crippen molar-refractivity contribution in [2.24, 2.45) is 0 Å². The molecule has 3 heterocycles. The molecule has 0 aromatic carbocycles. The molecule has 0 bridgehead atoms. The molecule has 1 fully saturated rings. The minimum atomic E-state index is -0.418. The first kappa shape index (κ1) is 16.6. The Labute approximate surface area is 144 Å². The van der Waals surface area contributed by atoms with Crippen LogP contribution in [0, 0.1) is 0 Å². The molecular formula is C17H18N2O4S. The van der Waals surface area contributed by atoms with Crippen LogP contribution in [0.15, 0.2) is 40.1 Å². The SMILES string of the molecule is COC(=O)c1ccoc1CSc1ccc(C(=O)N2CCCC2)cn1. The van der Waals surface area contributed by atoms with Crippen molar-refractivity contribution in [3.8, 4) is 0 Å². The molecule has 126 valence electrons. The zero-order chi connectivity index (χ0) is 16.9. The Kier molecular flexibility index (Phi) is 5.20. The number of pyridine rings is 1. The quantitative estimate of drug-likeness (QED) is 0.612. The molecule has 1 aliphatic rings. The van der Waals surface area contributed by atoms with Crippen molar-refractivity contribution in [2.75, 3.05) is 20.2 Å². The van der Waals surface area contributed by atoms with E-state index in [0.717, 1.165) is 31.0 Å². The Hall–Kier alpha value is -2.28. The molecule has 2 aromatic heterocycles. The maximum Gasteiger partial charge on any atom is 0.341 e. The zero-order valence-corrected chi connectivity index (χ0v) is 14.2. The molecule has 3 rings (SSSR count). The summed E-state index contributed by atoms with van der Waals surface area (Å²) in [6.07, 6.45) is 5.21. The van der Waals surface area contributed by atoms with E-state index in [0.29, 0.717) is 22.6 Å². The second kappa shape index (κ2) is 7.53. The van der Waals surface area contributed by atoms with Crippen LogP contribution in [0.25, 0.3) is 0 Å². The Morgan fingerprint density at radius 1 is 1.29 bits per heavy atom. The molecule has 0 saturated carbocycles. The number of furan rings is 1. The highest BCUT2D eigenvalue weighted by molar-refractivity contribution is 7.98. The molecule has 1 saturated heterocycles. The van der Waals surface area contributed by atoms with Gasteiger partial charge in [-0.3, -0.25) is 4.79 Å². The first-order valence-electron chi connectivity index (χ1n) is 7.72. The van der Waals surface area contributed by atoms with Gasteiger partial charge in [-0.2, -0.15) is 0 Å². The molecule has 0 unspecified atom stereocenters. The zero-order valence-electron chi connectivity index (χ0n) is 13.4. The van der Waals surface area contributed by atoms with E-state index in [-0.39, 0.29) is 5.91 Å². The van der Waals surface area contributed by atoms with Crippen molar-refractivity contribution in [1.82, 2.24) is 9.88 Å². The van der Waals surface area contributed by atoms with E-state index in [1.807, 2.05) is 11.0 Å². The van der Waals surface area contributed by atoms with E-state index in [1.165, 1.54) is 25.1 Å². The second-order valence-electron chi connectivity index (χ2n) is 5.42. The molecule has 0 spiro atoms. The number of hydrogen-bond acceptors (Lipinski definition) is 6. The van der Waals surface area contributed by atoms with Crippen LogP contribution in [0.1, 0.15) is 39.3 Å². The summed E-state index contributed by atoms with van der Waals surface area (Å²) in [5.74, 6) is 0.629. The number of aromatic nitrogens is 1. The van der Waals surface area contributed by atoms with Gasteiger partial charge < -0.3 is 14.1 Å². The topological polar surface area (TPSA) is 72.6 Å². The van der Waals surface area contributed by atoms with E-state index in [9.17, 15) is 9.59 Å². The summed E-state index contributed by atoms with van der Waals surface area (Å²) in [6.45, 7) is 1.65. The lowest BCUT2D eigenvalue weighted by atomic mass is 10.2. The number of hydrogen-bond donors (Lipinski definition) is 0. The summed E-state index contributed by atoms with van der Waals surface area (Å²) < 4.78 is 10.0. The number of methoxy groups -OCH3 is 1. The molecule has 7 heteroatoms. The summed E-state index contributed by atoms with van der Waals surface area (Å²) in [7, 11) is 1.34. The number of thioether (sulfide) groups is 1. The van der Waals surface area contributed by atoms with Crippen LogP contribution >= 0.6 is 11.8 Å². The van der Waals surface area contributed by atoms with E-state index < -0.39 is 5.97 Å². The molecular weight excluding hydrogens is 328 g/mol. The number of nitrogens with zero attached hydrogens (tertiary/aromatic N) is 2. The summed E-state index contributed by atoms with van der Waals surface area (Å²) in [6, 6.07) is 5.20. The smallest absolute Gasteiger partial charge is 0.341 e. The monoisotopic (exact) mass is 346 g/mol. The standard InChI is InChI=1S/C17H18N2O4S/c1-22-17(21)13-6-9-23-14(13)11-24-15-5-4-12(10-18-15)16(20)19-7-2-3-8-19/h4-6,9-10H,2-3,7-8,11H2,1H3. The van der Waals surface area contributed by atoms with Gasteiger partial charge in [0.15, 0.2) is 0 Å². The lowest BCUT2D eigenvalue weighted by Crippen LogP contribution is -2.27. The molecule has 0 aliphatic carbocycles. The molecule has 0 N–H and O–H groups in total. The molecule has 0 atom stereocenters. The van der Waals surface area contributed by atoms with Gasteiger partial charge in [-0.15, -0.1) is 0 Å². The van der Waals surface area contributed by atoms with E-state index in [4.69, 9.17) is 9.15 Å². The van der Waals surface area contributed by atoms with Crippen molar-refractivity contribution < 1.29 is 18.7 Å². The van der Waals surface area contributed by atoms with Crippen molar-refractivity contribution in [1.29, 1.82) is 0 Å². The van der Waals surface area contributed by atoms with Gasteiger partial charge in [-0.05, 0) is 31.0 Å². The summed E-state index contributed by atoms with van der Waals surface area (Å²) >= 11 is 1.44. The van der Waals surface area contributed by atoms with Gasteiger partial charge in [0.25, 0.3) is 5.91 Å². The van der Waals surface area contributed by atoms with Crippen LogP contribution in [0.4, 0.5) is 0 Å². The normalized spacial score (nSPS) is 14.0. The summed E-state index contributed by atoms with van der Waals surface area (Å²) in [5, 5.41) is 0.764. The van der Waals surface area contributed by atoms with Gasteiger partial charge in [0.1, 0.15) is 11.3 Å². The molecule has 24 heavy (non-hydrogen) atoms. The third kappa shape index (κ3) is 3.62. The lowest BCUT2D eigenvalue weighted by Gasteiger charge is -2.14. The highest BCUT2D eigenvalue weighted by Gasteiger charge is 2.20. The van der Waals surface area contributed by atoms with Crippen molar-refractivity contribution in [2.45, 2.75) is 23.6 Å². The largest absolute Gasteiger partial charge is 0.468 e. The van der Waals surface area contributed by atoms with Crippen molar-refractivity contribution in [3.05, 3.63) is 47.5 Å². The number of likely N-dealkylation sites (tertiary alicyclic amines) is 1. The van der Waals surface area contributed by atoms with Gasteiger partial charge in [-0.1, -0.05) is 11.8 Å². The molecule has 1 amide bonds. The van der Waals surface area contributed by atoms with Crippen LogP contribution in [0.2, 0.25) is 0 Å². The van der Waals surface area contributed by atoms with E-state index >= 15 is 0 Å². The average Bonchev–Trinajstić information content (AvgIpc) is 3.30. The molecule has 1 aliphatic heterocycles. The molecule has 2 aromatic rings. The second-order valence-corrected chi connectivity index (χ2v) is 6.42. The highest BCUT2D eigenvalue weighted by atomic mass is 32.2. The number of amides is 1. The van der Waals surface area contributed by atoms with Gasteiger partial charge in [0.05, 0.1) is 29.7 Å². The van der Waals surface area contributed by atoms with Crippen LogP contribution in [-0.4, -0.2) is 42.0 Å². The minimum absolute atomic E-state index is 0.0376. The third-order valence-corrected chi connectivity index (χ3v) is 4.82. The highest BCUT2D eigenvalue weighted by Crippen LogP contribution is 2.24. The maximum atomic E-state index is 12.3. The minimum Gasteiger partial charge on any atom is -0.468 e. The van der Waals surface area contributed by atoms with Crippen LogP contribution in [0.5, 0.6) is 0 Å². The number of carbonyl (C=O) groups is 2. The van der Waals surface area contributed by atoms with Gasteiger partial charge >= 0.3 is 5.97 Å². The fourth-order valence-electron chi connectivity index (χ4n) is 2.58. The average molecular weight is 346 g/mol. The predicted octanol–water partition coefficient (Wildman–Crippen LogP) is 2.99. The van der Waals surface area contributed by atoms with Gasteiger partial charge in [-0.25, -0.2) is 9.78 Å². The van der Waals surface area contributed by atoms with Crippen LogP contribution in [0.3, 0.4) is 0 Å². The predicted molar refractivity (Wildman–Crippen MR) is 89.0 cm³/mol. The Morgan fingerprint density at radius 3 is 2.75 bits per heavy atom. The maximum absolute atomic E-state index is 12.3. The Balaban J connectivity index is 1.61. The summed E-state index contributed by atoms with van der Waals surface area (Å²) in [5.41, 5.74) is 1.03. The van der Waals surface area contributed by atoms with E-state index in [1.54, 1.807) is 18.3 Å². The first-order valence-corrected chi connectivity index (χ1v) is 8.70. The van der Waals surface area contributed by atoms with Crippen LogP contribution < -0.4 is 0 Å². The lowest BCUT2D eigenvalue weighted by molar-refractivity contribution is 0.0598. The van der Waals surface area contributed by atoms with Gasteiger partial charge in [0.2, 0.25) is 0 Å².